The van der Waals surface area contributed by atoms with E-state index in [1.165, 1.54) is 25.7 Å². The van der Waals surface area contributed by atoms with Crippen molar-refractivity contribution in [1.29, 1.82) is 0 Å². The van der Waals surface area contributed by atoms with E-state index in [4.69, 9.17) is 9.47 Å². The molecule has 0 aliphatic heterocycles. The van der Waals surface area contributed by atoms with Crippen LogP contribution in [-0.2, 0) is 9.47 Å². The van der Waals surface area contributed by atoms with Gasteiger partial charge < -0.3 is 14.8 Å². The maximum Gasteiger partial charge on any atom is 0.0704 e. The van der Waals surface area contributed by atoms with E-state index >= 15 is 0 Å². The second kappa shape index (κ2) is 8.04. The summed E-state index contributed by atoms with van der Waals surface area (Å²) in [5.74, 6) is 0.746. The molecule has 1 rings (SSSR count). The van der Waals surface area contributed by atoms with Crippen molar-refractivity contribution in [2.45, 2.75) is 51.7 Å². The fraction of sp³-hybridized carbons (Fsp3) is 1.00. The normalized spacial score (nSPS) is 26.2. The SMILES string of the molecule is COCCO[C@H]1CC[C@H](NCC(C)C)CC1. The second-order valence-corrected chi connectivity index (χ2v) is 5.14. The first-order valence-corrected chi connectivity index (χ1v) is 6.56. The van der Waals surface area contributed by atoms with Gasteiger partial charge in [0, 0.05) is 13.2 Å². The molecule has 0 amide bonds. The van der Waals surface area contributed by atoms with Gasteiger partial charge in [-0.2, -0.15) is 0 Å². The lowest BCUT2D eigenvalue weighted by Gasteiger charge is -2.29. The minimum Gasteiger partial charge on any atom is -0.382 e. The molecule has 1 fully saturated rings. The molecule has 0 atom stereocenters. The Balaban J connectivity index is 2.04. The smallest absolute Gasteiger partial charge is 0.0704 e. The van der Waals surface area contributed by atoms with Crippen molar-refractivity contribution >= 4 is 0 Å². The molecule has 1 aliphatic carbocycles. The van der Waals surface area contributed by atoms with Crippen LogP contribution in [-0.4, -0.2) is 39.0 Å². The highest BCUT2D eigenvalue weighted by Gasteiger charge is 2.21. The van der Waals surface area contributed by atoms with Crippen LogP contribution in [0, 0.1) is 5.92 Å². The van der Waals surface area contributed by atoms with Crippen molar-refractivity contribution in [2.75, 3.05) is 26.9 Å². The molecule has 1 N–H and O–H groups in total. The van der Waals surface area contributed by atoms with E-state index in [9.17, 15) is 0 Å². The van der Waals surface area contributed by atoms with Crippen LogP contribution in [0.15, 0.2) is 0 Å². The standard InChI is InChI=1S/C13H27NO2/c1-11(2)10-14-12-4-6-13(7-5-12)16-9-8-15-3/h11-14H,4-10H2,1-3H3/t12-,13-. The van der Waals surface area contributed by atoms with Crippen LogP contribution in [0.3, 0.4) is 0 Å². The highest BCUT2D eigenvalue weighted by atomic mass is 16.5. The molecular formula is C13H27NO2. The van der Waals surface area contributed by atoms with E-state index in [2.05, 4.69) is 19.2 Å². The van der Waals surface area contributed by atoms with Crippen LogP contribution >= 0.6 is 0 Å². The Morgan fingerprint density at radius 2 is 1.81 bits per heavy atom. The lowest BCUT2D eigenvalue weighted by Crippen LogP contribution is -2.37. The number of rotatable bonds is 7. The third-order valence-electron chi connectivity index (χ3n) is 3.13. The molecule has 0 heterocycles. The van der Waals surface area contributed by atoms with Gasteiger partial charge in [0.2, 0.25) is 0 Å². The molecule has 0 radical (unpaired) electrons. The summed E-state index contributed by atoms with van der Waals surface area (Å²) in [5, 5.41) is 3.63. The number of ether oxygens (including phenoxy) is 2. The molecule has 0 bridgehead atoms. The lowest BCUT2D eigenvalue weighted by atomic mass is 9.92. The van der Waals surface area contributed by atoms with E-state index in [-0.39, 0.29) is 0 Å². The van der Waals surface area contributed by atoms with Gasteiger partial charge in [0.15, 0.2) is 0 Å². The van der Waals surface area contributed by atoms with Crippen molar-refractivity contribution in [1.82, 2.24) is 5.32 Å². The minimum absolute atomic E-state index is 0.465. The van der Waals surface area contributed by atoms with Crippen molar-refractivity contribution < 1.29 is 9.47 Å². The van der Waals surface area contributed by atoms with Crippen molar-refractivity contribution in [2.24, 2.45) is 5.92 Å². The van der Waals surface area contributed by atoms with Crippen LogP contribution in [0.5, 0.6) is 0 Å². The van der Waals surface area contributed by atoms with E-state index in [1.807, 2.05) is 0 Å². The van der Waals surface area contributed by atoms with E-state index in [0.717, 1.165) is 19.1 Å². The Labute approximate surface area is 99.9 Å². The zero-order valence-electron chi connectivity index (χ0n) is 11.0. The molecular weight excluding hydrogens is 202 g/mol. The van der Waals surface area contributed by atoms with Gasteiger partial charge in [-0.3, -0.25) is 0 Å². The van der Waals surface area contributed by atoms with Gasteiger partial charge in [0.05, 0.1) is 19.3 Å². The summed E-state index contributed by atoms with van der Waals surface area (Å²) in [7, 11) is 1.72. The molecule has 96 valence electrons. The molecule has 0 saturated heterocycles. The summed E-state index contributed by atoms with van der Waals surface area (Å²) in [4.78, 5) is 0. The summed E-state index contributed by atoms with van der Waals surface area (Å²) >= 11 is 0. The van der Waals surface area contributed by atoms with Gasteiger partial charge in [0.25, 0.3) is 0 Å². The third-order valence-corrected chi connectivity index (χ3v) is 3.13. The maximum absolute atomic E-state index is 5.74. The summed E-state index contributed by atoms with van der Waals surface area (Å²) in [6, 6.07) is 0.713. The molecule has 0 aromatic carbocycles. The first-order chi connectivity index (χ1) is 7.72. The summed E-state index contributed by atoms with van der Waals surface area (Å²) < 4.78 is 10.7. The highest BCUT2D eigenvalue weighted by molar-refractivity contribution is 4.77. The first kappa shape index (κ1) is 13.9. The molecule has 1 saturated carbocycles. The number of methoxy groups -OCH3 is 1. The number of hydrogen-bond acceptors (Lipinski definition) is 3. The zero-order chi connectivity index (χ0) is 11.8. The average Bonchev–Trinajstić information content (AvgIpc) is 2.28. The molecule has 3 nitrogen and oxygen atoms in total. The second-order valence-electron chi connectivity index (χ2n) is 5.14. The Hall–Kier alpha value is -0.120. The molecule has 16 heavy (non-hydrogen) atoms. The van der Waals surface area contributed by atoms with Gasteiger partial charge in [-0.25, -0.2) is 0 Å². The molecule has 0 aromatic heterocycles. The van der Waals surface area contributed by atoms with E-state index in [1.54, 1.807) is 7.11 Å². The van der Waals surface area contributed by atoms with Crippen LogP contribution in [0.1, 0.15) is 39.5 Å². The zero-order valence-corrected chi connectivity index (χ0v) is 11.0. The van der Waals surface area contributed by atoms with Crippen LogP contribution in [0.4, 0.5) is 0 Å². The molecule has 1 aliphatic rings. The largest absolute Gasteiger partial charge is 0.382 e. The Bertz CT molecular complexity index is 165. The minimum atomic E-state index is 0.465. The third kappa shape index (κ3) is 5.83. The van der Waals surface area contributed by atoms with Gasteiger partial charge in [-0.1, -0.05) is 13.8 Å². The fourth-order valence-electron chi connectivity index (χ4n) is 2.13. The fourth-order valence-corrected chi connectivity index (χ4v) is 2.13. The summed E-state index contributed by atoms with van der Waals surface area (Å²) in [6.07, 6.45) is 5.36. The predicted octanol–water partition coefficient (Wildman–Crippen LogP) is 2.21. The monoisotopic (exact) mass is 229 g/mol. The average molecular weight is 229 g/mol. The molecule has 0 aromatic rings. The van der Waals surface area contributed by atoms with Crippen molar-refractivity contribution in [3.63, 3.8) is 0 Å². The van der Waals surface area contributed by atoms with Gasteiger partial charge in [-0.15, -0.1) is 0 Å². The van der Waals surface area contributed by atoms with Gasteiger partial charge >= 0.3 is 0 Å². The van der Waals surface area contributed by atoms with Crippen molar-refractivity contribution in [3.05, 3.63) is 0 Å². The Morgan fingerprint density at radius 1 is 1.12 bits per heavy atom. The summed E-state index contributed by atoms with van der Waals surface area (Å²) in [5.41, 5.74) is 0. The Kier molecular flexibility index (Phi) is 7.01. The topological polar surface area (TPSA) is 30.5 Å². The van der Waals surface area contributed by atoms with Crippen LogP contribution in [0.25, 0.3) is 0 Å². The van der Waals surface area contributed by atoms with Crippen LogP contribution in [0.2, 0.25) is 0 Å². The maximum atomic E-state index is 5.74. The quantitative estimate of drug-likeness (QED) is 0.679. The highest BCUT2D eigenvalue weighted by Crippen LogP contribution is 2.21. The predicted molar refractivity (Wildman–Crippen MR) is 66.7 cm³/mol. The number of hydrogen-bond donors (Lipinski definition) is 1. The number of nitrogens with one attached hydrogen (secondary N) is 1. The first-order valence-electron chi connectivity index (χ1n) is 6.56. The molecule has 0 spiro atoms. The lowest BCUT2D eigenvalue weighted by molar-refractivity contribution is -0.00434. The van der Waals surface area contributed by atoms with Gasteiger partial charge in [0.1, 0.15) is 0 Å². The summed E-state index contributed by atoms with van der Waals surface area (Å²) in [6.45, 7) is 7.11. The van der Waals surface area contributed by atoms with Gasteiger partial charge in [-0.05, 0) is 38.1 Å². The molecule has 3 heteroatoms. The van der Waals surface area contributed by atoms with E-state index < -0.39 is 0 Å². The molecule has 0 unspecified atom stereocenters. The Morgan fingerprint density at radius 3 is 2.38 bits per heavy atom. The van der Waals surface area contributed by atoms with E-state index in [0.29, 0.717) is 18.8 Å². The van der Waals surface area contributed by atoms with Crippen LogP contribution < -0.4 is 5.32 Å². The van der Waals surface area contributed by atoms with Crippen molar-refractivity contribution in [3.8, 4) is 0 Å².